The zero-order chi connectivity index (χ0) is 22.7. The summed E-state index contributed by atoms with van der Waals surface area (Å²) in [5.41, 5.74) is 15.5. The first-order chi connectivity index (χ1) is 17.4. The van der Waals surface area contributed by atoms with Gasteiger partial charge in [-0.3, -0.25) is 14.4 Å². The van der Waals surface area contributed by atoms with Crippen molar-refractivity contribution in [2.45, 2.75) is 12.8 Å². The van der Waals surface area contributed by atoms with Crippen LogP contribution < -0.4 is 0 Å². The van der Waals surface area contributed by atoms with Crippen molar-refractivity contribution in [3.63, 3.8) is 0 Å². The van der Waals surface area contributed by atoms with E-state index < -0.39 is 0 Å². The van der Waals surface area contributed by atoms with Gasteiger partial charge in [0.25, 0.3) is 0 Å². The Balaban J connectivity index is 1.45. The van der Waals surface area contributed by atoms with E-state index in [1.54, 1.807) is 0 Å². The van der Waals surface area contributed by atoms with Gasteiger partial charge in [-0.1, -0.05) is 42.5 Å². The van der Waals surface area contributed by atoms with Crippen LogP contribution in [0.2, 0.25) is 0 Å². The average Bonchev–Trinajstić information content (AvgIpc) is 3.59. The third kappa shape index (κ3) is 2.11. The molecule has 162 valence electrons. The first-order valence-electron chi connectivity index (χ1n) is 12.0. The predicted molar refractivity (Wildman–Crippen MR) is 140 cm³/mol. The maximum atomic E-state index is 5.15. The van der Waals surface area contributed by atoms with Crippen molar-refractivity contribution in [1.82, 2.24) is 19.4 Å². The summed E-state index contributed by atoms with van der Waals surface area (Å²) in [5.74, 6) is 0. The SMILES string of the molecule is c1ccc2c(c1)Cc1ccc3c(c1-2)-c1ccc2nc4c5ccncc5c5ccncc5n4c2c1C3. The number of rotatable bonds is 0. The van der Waals surface area contributed by atoms with E-state index in [9.17, 15) is 0 Å². The van der Waals surface area contributed by atoms with Crippen LogP contribution in [-0.2, 0) is 12.8 Å². The fraction of sp³-hybridized carbons (Fsp3) is 0.0645. The van der Waals surface area contributed by atoms with E-state index in [0.717, 1.165) is 45.7 Å². The van der Waals surface area contributed by atoms with Gasteiger partial charge in [-0.05, 0) is 69.1 Å². The van der Waals surface area contributed by atoms with Gasteiger partial charge in [0.2, 0.25) is 0 Å². The van der Waals surface area contributed by atoms with E-state index in [2.05, 4.69) is 75.0 Å². The largest absolute Gasteiger partial charge is 0.290 e. The summed E-state index contributed by atoms with van der Waals surface area (Å²) < 4.78 is 2.33. The minimum atomic E-state index is 0.918. The molecule has 0 unspecified atom stereocenters. The minimum Gasteiger partial charge on any atom is -0.290 e. The smallest absolute Gasteiger partial charge is 0.146 e. The predicted octanol–water partition coefficient (Wildman–Crippen LogP) is 6.73. The molecule has 35 heavy (non-hydrogen) atoms. The molecular weight excluding hydrogens is 428 g/mol. The molecule has 0 saturated heterocycles. The Kier molecular flexibility index (Phi) is 3.11. The number of pyridine rings is 3. The third-order valence-electron chi connectivity index (χ3n) is 8.00. The highest BCUT2D eigenvalue weighted by Crippen LogP contribution is 2.50. The molecule has 4 nitrogen and oxygen atoms in total. The zero-order valence-corrected chi connectivity index (χ0v) is 18.8. The summed E-state index contributed by atoms with van der Waals surface area (Å²) in [4.78, 5) is 14.0. The van der Waals surface area contributed by atoms with Crippen LogP contribution in [0.1, 0.15) is 22.3 Å². The molecule has 7 aromatic rings. The van der Waals surface area contributed by atoms with Crippen LogP contribution in [0, 0.1) is 0 Å². The summed E-state index contributed by atoms with van der Waals surface area (Å²) in [7, 11) is 0. The lowest BCUT2D eigenvalue weighted by Crippen LogP contribution is -1.95. The summed E-state index contributed by atoms with van der Waals surface area (Å²) in [6.07, 6.45) is 9.56. The summed E-state index contributed by atoms with van der Waals surface area (Å²) >= 11 is 0. The summed E-state index contributed by atoms with van der Waals surface area (Å²) in [5, 5.41) is 3.38. The van der Waals surface area contributed by atoms with E-state index in [4.69, 9.17) is 4.98 Å². The lowest BCUT2D eigenvalue weighted by Gasteiger charge is -2.11. The third-order valence-corrected chi connectivity index (χ3v) is 8.00. The molecule has 3 aromatic carbocycles. The van der Waals surface area contributed by atoms with Crippen molar-refractivity contribution in [2.24, 2.45) is 0 Å². The second kappa shape index (κ2) is 6.10. The average molecular weight is 447 g/mol. The molecule has 4 heteroatoms. The van der Waals surface area contributed by atoms with Gasteiger partial charge in [0.15, 0.2) is 0 Å². The topological polar surface area (TPSA) is 43.1 Å². The van der Waals surface area contributed by atoms with Gasteiger partial charge in [-0.15, -0.1) is 0 Å². The van der Waals surface area contributed by atoms with Crippen molar-refractivity contribution in [3.8, 4) is 22.3 Å². The molecule has 9 rings (SSSR count). The quantitative estimate of drug-likeness (QED) is 0.243. The number of hydrogen-bond acceptors (Lipinski definition) is 3. The van der Waals surface area contributed by atoms with E-state index in [0.29, 0.717) is 0 Å². The first kappa shape index (κ1) is 17.8. The molecule has 0 saturated carbocycles. The summed E-state index contributed by atoms with van der Waals surface area (Å²) in [6, 6.07) is 22.2. The van der Waals surface area contributed by atoms with Crippen LogP contribution in [0.5, 0.6) is 0 Å². The molecule has 4 heterocycles. The van der Waals surface area contributed by atoms with Crippen LogP contribution in [-0.4, -0.2) is 19.4 Å². The molecule has 0 fully saturated rings. The molecule has 0 N–H and O–H groups in total. The minimum absolute atomic E-state index is 0.918. The summed E-state index contributed by atoms with van der Waals surface area (Å²) in [6.45, 7) is 0. The molecular formula is C31H18N4. The molecule has 0 atom stereocenters. The van der Waals surface area contributed by atoms with Crippen molar-refractivity contribution in [3.05, 3.63) is 108 Å². The number of imidazole rings is 1. The number of fused-ring (bicyclic) bond motifs is 16. The molecule has 2 aliphatic rings. The molecule has 0 radical (unpaired) electrons. The Bertz CT molecular complexity index is 2070. The molecule has 2 aliphatic carbocycles. The van der Waals surface area contributed by atoms with Crippen LogP contribution in [0.15, 0.2) is 85.5 Å². The van der Waals surface area contributed by atoms with E-state index in [1.165, 1.54) is 50.0 Å². The van der Waals surface area contributed by atoms with E-state index >= 15 is 0 Å². The second-order valence-corrected chi connectivity index (χ2v) is 9.69. The Hall–Kier alpha value is -4.57. The van der Waals surface area contributed by atoms with Gasteiger partial charge >= 0.3 is 0 Å². The lowest BCUT2D eigenvalue weighted by molar-refractivity contribution is 1.22. The fourth-order valence-corrected chi connectivity index (χ4v) is 6.57. The van der Waals surface area contributed by atoms with E-state index in [1.807, 2.05) is 24.8 Å². The van der Waals surface area contributed by atoms with Crippen LogP contribution in [0.4, 0.5) is 0 Å². The Morgan fingerprint density at radius 1 is 0.629 bits per heavy atom. The maximum absolute atomic E-state index is 5.15. The first-order valence-corrected chi connectivity index (χ1v) is 12.0. The molecule has 0 spiro atoms. The maximum Gasteiger partial charge on any atom is 0.146 e. The van der Waals surface area contributed by atoms with Gasteiger partial charge in [0.1, 0.15) is 5.65 Å². The van der Waals surface area contributed by atoms with Crippen molar-refractivity contribution in [2.75, 3.05) is 0 Å². The van der Waals surface area contributed by atoms with E-state index in [-0.39, 0.29) is 0 Å². The Morgan fingerprint density at radius 3 is 2.37 bits per heavy atom. The molecule has 0 amide bonds. The molecule has 0 bridgehead atoms. The molecule has 4 aromatic heterocycles. The van der Waals surface area contributed by atoms with Crippen LogP contribution in [0.25, 0.3) is 60.6 Å². The number of benzene rings is 3. The normalized spacial score (nSPS) is 13.5. The zero-order valence-electron chi connectivity index (χ0n) is 18.8. The van der Waals surface area contributed by atoms with Gasteiger partial charge in [0, 0.05) is 41.2 Å². The fourth-order valence-electron chi connectivity index (χ4n) is 6.57. The van der Waals surface area contributed by atoms with Crippen LogP contribution in [0.3, 0.4) is 0 Å². The van der Waals surface area contributed by atoms with Crippen LogP contribution >= 0.6 is 0 Å². The molecule has 0 aliphatic heterocycles. The standard InChI is InChI=1S/C31H18N4/c1-2-4-20-17(3-1)13-18-5-6-19-14-24-22(29(19)28(18)20)7-8-26-30(24)35-27-16-33-11-9-21(27)25-15-32-12-10-23(25)31(35)34-26/h1-12,15-16H,13-14H2. The van der Waals surface area contributed by atoms with Crippen molar-refractivity contribution in [1.29, 1.82) is 0 Å². The van der Waals surface area contributed by atoms with Gasteiger partial charge < -0.3 is 0 Å². The Morgan fingerprint density at radius 2 is 1.43 bits per heavy atom. The number of hydrogen-bond donors (Lipinski definition) is 0. The highest BCUT2D eigenvalue weighted by molar-refractivity contribution is 6.14. The highest BCUT2D eigenvalue weighted by atomic mass is 15.0. The monoisotopic (exact) mass is 446 g/mol. The number of nitrogens with zero attached hydrogens (tertiary/aromatic N) is 4. The van der Waals surface area contributed by atoms with Crippen molar-refractivity contribution >= 4 is 38.4 Å². The highest BCUT2D eigenvalue weighted by Gasteiger charge is 2.30. The Labute approximate surface area is 200 Å². The lowest BCUT2D eigenvalue weighted by atomic mass is 9.94. The second-order valence-electron chi connectivity index (χ2n) is 9.69. The van der Waals surface area contributed by atoms with Crippen molar-refractivity contribution < 1.29 is 0 Å². The van der Waals surface area contributed by atoms with Gasteiger partial charge in [-0.2, -0.15) is 0 Å². The van der Waals surface area contributed by atoms with Gasteiger partial charge in [-0.25, -0.2) is 4.98 Å². The number of aromatic nitrogens is 4. The van der Waals surface area contributed by atoms with Gasteiger partial charge in [0.05, 0.1) is 22.7 Å².